The van der Waals surface area contributed by atoms with Gasteiger partial charge in [-0.2, -0.15) is 5.43 Å². The second-order valence-electron chi connectivity index (χ2n) is 5.37. The molecule has 0 saturated carbocycles. The summed E-state index contributed by atoms with van der Waals surface area (Å²) in [5, 5.41) is 6.56. The molecule has 1 unspecified atom stereocenters. The van der Waals surface area contributed by atoms with Gasteiger partial charge in [0, 0.05) is 5.38 Å². The molecule has 2 heterocycles. The molecule has 0 fully saturated rings. The first kappa shape index (κ1) is 16.0. The molecule has 0 spiro atoms. The van der Waals surface area contributed by atoms with E-state index in [0.29, 0.717) is 23.3 Å². The fourth-order valence-corrected chi connectivity index (χ4v) is 2.94. The molecular formula is C15H18ClN5OS. The van der Waals surface area contributed by atoms with Crippen LogP contribution in [0.1, 0.15) is 30.3 Å². The number of halogens is 1. The van der Waals surface area contributed by atoms with Crippen molar-refractivity contribution in [3.05, 3.63) is 39.2 Å². The molecule has 1 aliphatic heterocycles. The van der Waals surface area contributed by atoms with Gasteiger partial charge in [0.2, 0.25) is 0 Å². The zero-order chi connectivity index (χ0) is 16.2. The third-order valence-electron chi connectivity index (χ3n) is 3.32. The Kier molecular flexibility index (Phi) is 5.00. The minimum Gasteiger partial charge on any atom is -0.485 e. The van der Waals surface area contributed by atoms with E-state index < -0.39 is 0 Å². The van der Waals surface area contributed by atoms with E-state index in [0.717, 1.165) is 10.8 Å². The molecule has 1 aliphatic rings. The lowest BCUT2D eigenvalue weighted by atomic mass is 10.0. The fourth-order valence-electron chi connectivity index (χ4n) is 2.05. The van der Waals surface area contributed by atoms with E-state index in [1.165, 1.54) is 16.9 Å². The first-order valence-electron chi connectivity index (χ1n) is 7.27. The Morgan fingerprint density at radius 3 is 3.00 bits per heavy atom. The second-order valence-corrected chi connectivity index (χ2v) is 6.72. The van der Waals surface area contributed by atoms with Crippen molar-refractivity contribution in [2.75, 3.05) is 5.32 Å². The van der Waals surface area contributed by atoms with Gasteiger partial charge in [-0.25, -0.2) is 9.98 Å². The fraction of sp³-hybridized carbons (Fsp3) is 0.333. The van der Waals surface area contributed by atoms with Crippen LogP contribution in [0.25, 0.3) is 0 Å². The summed E-state index contributed by atoms with van der Waals surface area (Å²) in [7, 11) is 0. The molecule has 23 heavy (non-hydrogen) atoms. The van der Waals surface area contributed by atoms with Crippen molar-refractivity contribution < 1.29 is 4.74 Å². The van der Waals surface area contributed by atoms with Gasteiger partial charge < -0.3 is 15.5 Å². The average Bonchev–Trinajstić information content (AvgIpc) is 3.18. The van der Waals surface area contributed by atoms with Crippen LogP contribution < -0.4 is 20.9 Å². The summed E-state index contributed by atoms with van der Waals surface area (Å²) in [6.07, 6.45) is 1.39. The summed E-state index contributed by atoms with van der Waals surface area (Å²) in [5.74, 6) is 1.87. The van der Waals surface area contributed by atoms with Gasteiger partial charge in [0.15, 0.2) is 6.29 Å². The molecular weight excluding hydrogens is 334 g/mol. The van der Waals surface area contributed by atoms with Crippen LogP contribution >= 0.6 is 22.9 Å². The van der Waals surface area contributed by atoms with Gasteiger partial charge in [0.05, 0.1) is 5.02 Å². The van der Waals surface area contributed by atoms with Crippen molar-refractivity contribution in [1.29, 1.82) is 0 Å². The molecule has 8 heteroatoms. The zero-order valence-corrected chi connectivity index (χ0v) is 14.4. The van der Waals surface area contributed by atoms with Crippen LogP contribution in [-0.2, 0) is 6.61 Å². The Labute approximate surface area is 143 Å². The Balaban J connectivity index is 1.58. The number of aromatic nitrogens is 1. The molecule has 2 aromatic rings. The highest BCUT2D eigenvalue weighted by atomic mass is 35.5. The maximum Gasteiger partial charge on any atom is 0.193 e. The van der Waals surface area contributed by atoms with Gasteiger partial charge in [0.1, 0.15) is 29.5 Å². The van der Waals surface area contributed by atoms with Crippen molar-refractivity contribution in [2.24, 2.45) is 4.99 Å². The zero-order valence-electron chi connectivity index (χ0n) is 12.8. The summed E-state index contributed by atoms with van der Waals surface area (Å²) >= 11 is 7.80. The van der Waals surface area contributed by atoms with E-state index in [-0.39, 0.29) is 6.29 Å². The number of rotatable bonds is 6. The molecule has 3 rings (SSSR count). The Morgan fingerprint density at radius 2 is 2.30 bits per heavy atom. The second kappa shape index (κ2) is 7.16. The maximum absolute atomic E-state index is 6.27. The van der Waals surface area contributed by atoms with Crippen LogP contribution in [0.4, 0.5) is 5.82 Å². The predicted molar refractivity (Wildman–Crippen MR) is 94.2 cm³/mol. The summed E-state index contributed by atoms with van der Waals surface area (Å²) in [6.45, 7) is 4.65. The van der Waals surface area contributed by atoms with Crippen LogP contribution in [0.5, 0.6) is 5.75 Å². The average molecular weight is 352 g/mol. The number of nitrogens with one attached hydrogen (secondary N) is 3. The van der Waals surface area contributed by atoms with Gasteiger partial charge in [-0.15, -0.1) is 11.3 Å². The molecule has 0 amide bonds. The Hall–Kier alpha value is -1.83. The van der Waals surface area contributed by atoms with Crippen LogP contribution in [0, 0.1) is 0 Å². The van der Waals surface area contributed by atoms with Crippen molar-refractivity contribution in [1.82, 2.24) is 15.8 Å². The number of thiazole rings is 1. The van der Waals surface area contributed by atoms with Gasteiger partial charge in [0.25, 0.3) is 0 Å². The molecule has 1 atom stereocenters. The van der Waals surface area contributed by atoms with E-state index in [9.17, 15) is 0 Å². The quantitative estimate of drug-likeness (QED) is 0.744. The van der Waals surface area contributed by atoms with E-state index in [1.54, 1.807) is 6.34 Å². The highest BCUT2D eigenvalue weighted by molar-refractivity contribution is 7.10. The van der Waals surface area contributed by atoms with Gasteiger partial charge in [-0.3, -0.25) is 0 Å². The predicted octanol–water partition coefficient (Wildman–Crippen LogP) is 3.33. The number of benzene rings is 1. The lowest BCUT2D eigenvalue weighted by molar-refractivity contribution is 0.305. The first-order valence-corrected chi connectivity index (χ1v) is 8.53. The number of nitrogens with zero attached hydrogens (tertiary/aromatic N) is 2. The van der Waals surface area contributed by atoms with Crippen molar-refractivity contribution in [3.63, 3.8) is 0 Å². The molecule has 1 aromatic heterocycles. The summed E-state index contributed by atoms with van der Waals surface area (Å²) < 4.78 is 5.77. The first-order chi connectivity index (χ1) is 11.1. The number of hydrogen-bond acceptors (Lipinski definition) is 7. The van der Waals surface area contributed by atoms with Crippen LogP contribution in [0.2, 0.25) is 5.02 Å². The minimum absolute atomic E-state index is 0.205. The maximum atomic E-state index is 6.27. The van der Waals surface area contributed by atoms with Crippen molar-refractivity contribution in [2.45, 2.75) is 32.7 Å². The molecule has 0 aliphatic carbocycles. The summed E-state index contributed by atoms with van der Waals surface area (Å²) in [4.78, 5) is 8.59. The van der Waals surface area contributed by atoms with Crippen molar-refractivity contribution >= 4 is 35.1 Å². The van der Waals surface area contributed by atoms with Gasteiger partial charge >= 0.3 is 0 Å². The number of ether oxygens (including phenoxy) is 1. The molecule has 0 radical (unpaired) electrons. The van der Waals surface area contributed by atoms with E-state index in [1.807, 2.05) is 23.6 Å². The molecule has 3 N–H and O–H groups in total. The number of hydrogen-bond donors (Lipinski definition) is 3. The molecule has 0 saturated heterocycles. The van der Waals surface area contributed by atoms with Crippen LogP contribution in [-0.4, -0.2) is 17.6 Å². The third kappa shape index (κ3) is 4.13. The molecule has 6 nitrogen and oxygen atoms in total. The summed E-state index contributed by atoms with van der Waals surface area (Å²) in [6, 6.07) is 5.90. The highest BCUT2D eigenvalue weighted by Crippen LogP contribution is 2.29. The lowest BCUT2D eigenvalue weighted by Gasteiger charge is -2.10. The minimum atomic E-state index is -0.205. The number of anilines is 1. The van der Waals surface area contributed by atoms with E-state index in [4.69, 9.17) is 16.3 Å². The molecule has 1 aromatic carbocycles. The normalized spacial score (nSPS) is 16.6. The van der Waals surface area contributed by atoms with E-state index in [2.05, 4.69) is 40.0 Å². The smallest absolute Gasteiger partial charge is 0.193 e. The Morgan fingerprint density at radius 1 is 1.43 bits per heavy atom. The van der Waals surface area contributed by atoms with Crippen LogP contribution in [0.3, 0.4) is 0 Å². The van der Waals surface area contributed by atoms with Crippen LogP contribution in [0.15, 0.2) is 28.6 Å². The Bertz CT molecular complexity index is 703. The number of aliphatic imine (C=N–C) groups is 1. The molecule has 122 valence electrons. The highest BCUT2D eigenvalue weighted by Gasteiger charge is 2.11. The van der Waals surface area contributed by atoms with Gasteiger partial charge in [-0.05, 0) is 23.6 Å². The van der Waals surface area contributed by atoms with E-state index >= 15 is 0 Å². The lowest BCUT2D eigenvalue weighted by Crippen LogP contribution is -2.36. The topological polar surface area (TPSA) is 70.6 Å². The molecule has 0 bridgehead atoms. The van der Waals surface area contributed by atoms with Gasteiger partial charge in [-0.1, -0.05) is 31.5 Å². The largest absolute Gasteiger partial charge is 0.485 e. The third-order valence-corrected chi connectivity index (χ3v) is 4.44. The summed E-state index contributed by atoms with van der Waals surface area (Å²) in [5.41, 5.74) is 6.92. The standard InChI is InChI=1S/C15H18ClN5OS/c1-9(2)10-3-4-12(11(16)5-10)22-6-14-19-13(7-23-14)20-15-17-8-18-21-15/h3-5,7-9,15,20-21H,6H2,1-2H3,(H,17,18). The number of hydrazine groups is 1. The monoisotopic (exact) mass is 351 g/mol. The SMILES string of the molecule is CC(C)c1ccc(OCc2nc(NC3N=CNN3)cs2)c(Cl)c1. The van der Waals surface area contributed by atoms with Crippen molar-refractivity contribution in [3.8, 4) is 5.75 Å².